The maximum absolute atomic E-state index is 6.07. The minimum atomic E-state index is 0.198. The van der Waals surface area contributed by atoms with Crippen molar-refractivity contribution in [2.24, 2.45) is 4.99 Å². The Labute approximate surface area is 141 Å². The summed E-state index contributed by atoms with van der Waals surface area (Å²) in [7, 11) is 2.00. The summed E-state index contributed by atoms with van der Waals surface area (Å²) in [6, 6.07) is 1.97. The van der Waals surface area contributed by atoms with Crippen LogP contribution in [-0.4, -0.2) is 35.9 Å². The highest BCUT2D eigenvalue weighted by Crippen LogP contribution is 2.34. The van der Waals surface area contributed by atoms with Crippen LogP contribution in [0.15, 0.2) is 26.7 Å². The summed E-state index contributed by atoms with van der Waals surface area (Å²) in [4.78, 5) is 11.1. The van der Waals surface area contributed by atoms with Gasteiger partial charge in [0.25, 0.3) is 0 Å². The third-order valence-corrected chi connectivity index (χ3v) is 4.64. The molecule has 0 fully saturated rings. The number of aromatic nitrogens is 1. The first-order valence-corrected chi connectivity index (χ1v) is 8.43. The second-order valence-corrected chi connectivity index (χ2v) is 6.76. The molecule has 1 heterocycles. The van der Waals surface area contributed by atoms with Crippen molar-refractivity contribution in [1.82, 2.24) is 9.88 Å². The normalized spacial score (nSPS) is 15.9. The smallest absolute Gasteiger partial charge is 0.228 e. The zero-order valence-electron chi connectivity index (χ0n) is 14.0. The molecule has 0 N–H and O–H groups in total. The SMILES string of the molecule is CCN(C)/C=N/c1cc(Br)c(OC2CC(C)=C(C)C2)nc1C. The van der Waals surface area contributed by atoms with Gasteiger partial charge in [-0.05, 0) is 49.7 Å². The minimum absolute atomic E-state index is 0.198. The first-order valence-electron chi connectivity index (χ1n) is 7.64. The zero-order chi connectivity index (χ0) is 16.3. The summed E-state index contributed by atoms with van der Waals surface area (Å²) in [5.41, 5.74) is 4.60. The molecule has 2 rings (SSSR count). The Kier molecular flexibility index (Phi) is 5.62. The van der Waals surface area contributed by atoms with Gasteiger partial charge < -0.3 is 9.64 Å². The Balaban J connectivity index is 2.12. The van der Waals surface area contributed by atoms with Gasteiger partial charge in [-0.2, -0.15) is 0 Å². The number of aliphatic imine (C=N–C) groups is 1. The van der Waals surface area contributed by atoms with Crippen molar-refractivity contribution < 1.29 is 4.74 Å². The van der Waals surface area contributed by atoms with Gasteiger partial charge >= 0.3 is 0 Å². The standard InChI is InChI=1S/C17H24BrN3O/c1-6-21(5)10-19-16-9-15(18)17(20-13(16)4)22-14-7-11(2)12(3)8-14/h9-10,14H,6-8H2,1-5H3/b19-10+. The fourth-order valence-electron chi connectivity index (χ4n) is 2.35. The van der Waals surface area contributed by atoms with Crippen LogP contribution in [0.2, 0.25) is 0 Å². The third-order valence-electron chi connectivity index (χ3n) is 4.07. The number of hydrogen-bond acceptors (Lipinski definition) is 3. The van der Waals surface area contributed by atoms with E-state index in [1.54, 1.807) is 0 Å². The van der Waals surface area contributed by atoms with E-state index >= 15 is 0 Å². The Bertz CT molecular complexity index is 596. The largest absolute Gasteiger partial charge is 0.473 e. The lowest BCUT2D eigenvalue weighted by Gasteiger charge is -2.15. The van der Waals surface area contributed by atoms with E-state index < -0.39 is 0 Å². The van der Waals surface area contributed by atoms with Crippen LogP contribution >= 0.6 is 15.9 Å². The van der Waals surface area contributed by atoms with Gasteiger partial charge in [0.2, 0.25) is 5.88 Å². The second-order valence-electron chi connectivity index (χ2n) is 5.91. The highest BCUT2D eigenvalue weighted by Gasteiger charge is 2.22. The van der Waals surface area contributed by atoms with Crippen LogP contribution in [0, 0.1) is 6.92 Å². The van der Waals surface area contributed by atoms with Gasteiger partial charge in [0.15, 0.2) is 0 Å². The molecule has 22 heavy (non-hydrogen) atoms. The van der Waals surface area contributed by atoms with Crippen molar-refractivity contribution in [3.63, 3.8) is 0 Å². The maximum Gasteiger partial charge on any atom is 0.228 e. The number of halogens is 1. The van der Waals surface area contributed by atoms with E-state index in [0.29, 0.717) is 5.88 Å². The first kappa shape index (κ1) is 17.0. The van der Waals surface area contributed by atoms with Gasteiger partial charge in [-0.1, -0.05) is 11.1 Å². The van der Waals surface area contributed by atoms with E-state index in [2.05, 4.69) is 46.7 Å². The highest BCUT2D eigenvalue weighted by molar-refractivity contribution is 9.10. The van der Waals surface area contributed by atoms with E-state index in [1.807, 2.05) is 31.3 Å². The Morgan fingerprint density at radius 2 is 2.00 bits per heavy atom. The molecule has 0 radical (unpaired) electrons. The molecule has 4 nitrogen and oxygen atoms in total. The summed E-state index contributed by atoms with van der Waals surface area (Å²) >= 11 is 3.55. The summed E-state index contributed by atoms with van der Waals surface area (Å²) in [6.45, 7) is 9.32. The Morgan fingerprint density at radius 1 is 1.36 bits per heavy atom. The number of ether oxygens (including phenoxy) is 1. The van der Waals surface area contributed by atoms with Gasteiger partial charge in [0, 0.05) is 26.4 Å². The summed E-state index contributed by atoms with van der Waals surface area (Å²) in [5.74, 6) is 0.660. The highest BCUT2D eigenvalue weighted by atomic mass is 79.9. The molecule has 0 aliphatic heterocycles. The number of hydrogen-bond donors (Lipinski definition) is 0. The predicted molar refractivity (Wildman–Crippen MR) is 95.2 cm³/mol. The van der Waals surface area contributed by atoms with Crippen molar-refractivity contribution >= 4 is 28.0 Å². The van der Waals surface area contributed by atoms with E-state index in [1.165, 1.54) is 11.1 Å². The van der Waals surface area contributed by atoms with Crippen molar-refractivity contribution in [2.45, 2.75) is 46.6 Å². The van der Waals surface area contributed by atoms with Crippen LogP contribution < -0.4 is 4.74 Å². The van der Waals surface area contributed by atoms with Crippen molar-refractivity contribution in [2.75, 3.05) is 13.6 Å². The van der Waals surface area contributed by atoms with Gasteiger partial charge in [-0.3, -0.25) is 0 Å². The molecule has 0 amide bonds. The van der Waals surface area contributed by atoms with Crippen LogP contribution in [0.1, 0.15) is 39.3 Å². The Hall–Kier alpha value is -1.36. The number of aryl methyl sites for hydroxylation is 1. The van der Waals surface area contributed by atoms with Gasteiger partial charge in [0.1, 0.15) is 6.10 Å². The second kappa shape index (κ2) is 7.27. The van der Waals surface area contributed by atoms with Crippen LogP contribution in [-0.2, 0) is 0 Å². The lowest BCUT2D eigenvalue weighted by molar-refractivity contribution is 0.202. The average molecular weight is 366 g/mol. The lowest BCUT2D eigenvalue weighted by atomic mass is 10.2. The topological polar surface area (TPSA) is 37.7 Å². The molecule has 0 aromatic carbocycles. The molecular weight excluding hydrogens is 342 g/mol. The minimum Gasteiger partial charge on any atom is -0.473 e. The fraction of sp³-hybridized carbons (Fsp3) is 0.529. The number of rotatable bonds is 5. The van der Waals surface area contributed by atoms with E-state index in [9.17, 15) is 0 Å². The molecule has 0 bridgehead atoms. The van der Waals surface area contributed by atoms with Gasteiger partial charge in [-0.15, -0.1) is 0 Å². The fourth-order valence-corrected chi connectivity index (χ4v) is 2.75. The zero-order valence-corrected chi connectivity index (χ0v) is 15.6. The first-order chi connectivity index (χ1) is 10.4. The summed E-state index contributed by atoms with van der Waals surface area (Å²) in [5, 5.41) is 0. The van der Waals surface area contributed by atoms with Crippen LogP contribution in [0.4, 0.5) is 5.69 Å². The van der Waals surface area contributed by atoms with Crippen molar-refractivity contribution in [3.8, 4) is 5.88 Å². The average Bonchev–Trinajstić information content (AvgIpc) is 2.79. The van der Waals surface area contributed by atoms with Crippen molar-refractivity contribution in [1.29, 1.82) is 0 Å². The molecular formula is C17H24BrN3O. The molecule has 120 valence electrons. The predicted octanol–water partition coefficient (Wildman–Crippen LogP) is 4.64. The van der Waals surface area contributed by atoms with Gasteiger partial charge in [-0.25, -0.2) is 9.98 Å². The molecule has 1 aromatic heterocycles. The van der Waals surface area contributed by atoms with Crippen LogP contribution in [0.25, 0.3) is 0 Å². The molecule has 0 spiro atoms. The van der Waals surface area contributed by atoms with Gasteiger partial charge in [0.05, 0.1) is 22.2 Å². The molecule has 1 aromatic rings. The third kappa shape index (κ3) is 4.09. The summed E-state index contributed by atoms with van der Waals surface area (Å²) in [6.07, 6.45) is 3.99. The molecule has 0 saturated heterocycles. The van der Waals surface area contributed by atoms with E-state index in [-0.39, 0.29) is 6.10 Å². The maximum atomic E-state index is 6.07. The molecule has 0 unspecified atom stereocenters. The monoisotopic (exact) mass is 365 g/mol. The summed E-state index contributed by atoms with van der Waals surface area (Å²) < 4.78 is 6.92. The Morgan fingerprint density at radius 3 is 2.59 bits per heavy atom. The molecule has 1 aliphatic carbocycles. The number of nitrogens with zero attached hydrogens (tertiary/aromatic N) is 3. The number of pyridine rings is 1. The quantitative estimate of drug-likeness (QED) is 0.433. The lowest BCUT2D eigenvalue weighted by Crippen LogP contribution is -2.15. The molecule has 1 aliphatic rings. The van der Waals surface area contributed by atoms with Crippen molar-refractivity contribution in [3.05, 3.63) is 27.4 Å². The molecule has 0 atom stereocenters. The van der Waals surface area contributed by atoms with Crippen LogP contribution in [0.3, 0.4) is 0 Å². The molecule has 5 heteroatoms. The molecule has 0 saturated carbocycles. The van der Waals surface area contributed by atoms with E-state index in [0.717, 1.165) is 35.2 Å². The van der Waals surface area contributed by atoms with Crippen LogP contribution in [0.5, 0.6) is 5.88 Å². The van der Waals surface area contributed by atoms with E-state index in [4.69, 9.17) is 4.74 Å².